The fourth-order valence-corrected chi connectivity index (χ4v) is 2.09. The summed E-state index contributed by atoms with van der Waals surface area (Å²) in [6.07, 6.45) is 1.38. The molecule has 0 aliphatic heterocycles. The first-order valence-electron chi connectivity index (χ1n) is 6.92. The molecule has 0 radical (unpaired) electrons. The minimum absolute atomic E-state index is 0.0979. The number of aryl methyl sites for hydroxylation is 1. The van der Waals surface area contributed by atoms with Crippen molar-refractivity contribution in [3.8, 4) is 0 Å². The standard InChI is InChI=1S/C18H18O3/c1-21-18(20)12-9-14-7-10-16(11-8-14)17(19)13-15-5-3-2-4-6-15/h2-8,10-11H,9,12-13H2,1H3. The van der Waals surface area contributed by atoms with Crippen molar-refractivity contribution in [2.45, 2.75) is 19.3 Å². The van der Waals surface area contributed by atoms with Crippen molar-refractivity contribution in [1.82, 2.24) is 0 Å². The Balaban J connectivity index is 1.95. The number of methoxy groups -OCH3 is 1. The molecule has 0 saturated heterocycles. The highest BCUT2D eigenvalue weighted by Gasteiger charge is 2.07. The van der Waals surface area contributed by atoms with Gasteiger partial charge in [-0.1, -0.05) is 54.6 Å². The Kier molecular flexibility index (Phi) is 5.27. The third-order valence-corrected chi connectivity index (χ3v) is 3.33. The first-order valence-corrected chi connectivity index (χ1v) is 6.92. The first-order chi connectivity index (χ1) is 10.2. The number of rotatable bonds is 6. The molecular weight excluding hydrogens is 264 g/mol. The zero-order chi connectivity index (χ0) is 15.1. The molecule has 2 rings (SSSR count). The molecular formula is C18H18O3. The third-order valence-electron chi connectivity index (χ3n) is 3.33. The molecule has 0 amide bonds. The third kappa shape index (κ3) is 4.56. The predicted molar refractivity (Wildman–Crippen MR) is 81.3 cm³/mol. The summed E-state index contributed by atoms with van der Waals surface area (Å²) >= 11 is 0. The van der Waals surface area contributed by atoms with Gasteiger partial charge in [-0.2, -0.15) is 0 Å². The molecule has 0 heterocycles. The second-order valence-corrected chi connectivity index (χ2v) is 4.86. The van der Waals surface area contributed by atoms with Gasteiger partial charge < -0.3 is 4.74 Å². The van der Waals surface area contributed by atoms with E-state index in [1.165, 1.54) is 7.11 Å². The normalized spacial score (nSPS) is 10.1. The van der Waals surface area contributed by atoms with Crippen LogP contribution in [0.1, 0.15) is 27.9 Å². The van der Waals surface area contributed by atoms with Gasteiger partial charge >= 0.3 is 5.97 Å². The van der Waals surface area contributed by atoms with Crippen LogP contribution >= 0.6 is 0 Å². The van der Waals surface area contributed by atoms with Crippen LogP contribution in [-0.2, 0) is 22.4 Å². The number of hydrogen-bond donors (Lipinski definition) is 0. The van der Waals surface area contributed by atoms with Crippen molar-refractivity contribution < 1.29 is 14.3 Å². The zero-order valence-electron chi connectivity index (χ0n) is 12.0. The topological polar surface area (TPSA) is 43.4 Å². The van der Waals surface area contributed by atoms with Gasteiger partial charge in [0.2, 0.25) is 0 Å². The Morgan fingerprint density at radius 3 is 2.19 bits per heavy atom. The van der Waals surface area contributed by atoms with Crippen molar-refractivity contribution in [3.05, 3.63) is 71.3 Å². The van der Waals surface area contributed by atoms with Gasteiger partial charge in [-0.25, -0.2) is 0 Å². The van der Waals surface area contributed by atoms with Crippen LogP contribution in [0.3, 0.4) is 0 Å². The van der Waals surface area contributed by atoms with E-state index in [-0.39, 0.29) is 11.8 Å². The van der Waals surface area contributed by atoms with Gasteiger partial charge in [-0.05, 0) is 17.5 Å². The summed E-state index contributed by atoms with van der Waals surface area (Å²) in [4.78, 5) is 23.3. The quantitative estimate of drug-likeness (QED) is 0.603. The molecule has 0 N–H and O–H groups in total. The number of carbonyl (C=O) groups excluding carboxylic acids is 2. The van der Waals surface area contributed by atoms with Crippen molar-refractivity contribution in [3.63, 3.8) is 0 Å². The van der Waals surface area contributed by atoms with Crippen LogP contribution < -0.4 is 0 Å². The average Bonchev–Trinajstić information content (AvgIpc) is 2.54. The van der Waals surface area contributed by atoms with Gasteiger partial charge in [-0.15, -0.1) is 0 Å². The Hall–Kier alpha value is -2.42. The molecule has 0 aliphatic carbocycles. The second kappa shape index (κ2) is 7.39. The Morgan fingerprint density at radius 1 is 0.905 bits per heavy atom. The van der Waals surface area contributed by atoms with E-state index in [2.05, 4.69) is 4.74 Å². The molecule has 3 nitrogen and oxygen atoms in total. The van der Waals surface area contributed by atoms with Crippen LogP contribution in [0.15, 0.2) is 54.6 Å². The molecule has 0 spiro atoms. The van der Waals surface area contributed by atoms with Crippen LogP contribution in [0.4, 0.5) is 0 Å². The fourth-order valence-electron chi connectivity index (χ4n) is 2.09. The van der Waals surface area contributed by atoms with Crippen LogP contribution in [0, 0.1) is 0 Å². The van der Waals surface area contributed by atoms with Crippen LogP contribution in [0.5, 0.6) is 0 Å². The summed E-state index contributed by atoms with van der Waals surface area (Å²) in [5.41, 5.74) is 2.73. The van der Waals surface area contributed by atoms with Gasteiger partial charge in [0.1, 0.15) is 0 Å². The minimum atomic E-state index is -0.223. The van der Waals surface area contributed by atoms with Crippen molar-refractivity contribution in [2.75, 3.05) is 7.11 Å². The van der Waals surface area contributed by atoms with Gasteiger partial charge in [0.25, 0.3) is 0 Å². The molecule has 0 unspecified atom stereocenters. The summed E-state index contributed by atoms with van der Waals surface area (Å²) in [5.74, 6) is -0.125. The number of ether oxygens (including phenoxy) is 1. The summed E-state index contributed by atoms with van der Waals surface area (Å²) in [6.45, 7) is 0. The van der Waals surface area contributed by atoms with Gasteiger partial charge in [0.05, 0.1) is 7.11 Å². The monoisotopic (exact) mass is 282 g/mol. The maximum Gasteiger partial charge on any atom is 0.305 e. The largest absolute Gasteiger partial charge is 0.469 e. The molecule has 0 aromatic heterocycles. The smallest absolute Gasteiger partial charge is 0.305 e. The summed E-state index contributed by atoms with van der Waals surface area (Å²) in [5, 5.41) is 0. The highest BCUT2D eigenvalue weighted by molar-refractivity contribution is 5.97. The van der Waals surface area contributed by atoms with Crippen LogP contribution in [-0.4, -0.2) is 18.9 Å². The highest BCUT2D eigenvalue weighted by atomic mass is 16.5. The van der Waals surface area contributed by atoms with Crippen molar-refractivity contribution in [2.24, 2.45) is 0 Å². The molecule has 108 valence electrons. The Morgan fingerprint density at radius 2 is 1.57 bits per heavy atom. The van der Waals surface area contributed by atoms with E-state index < -0.39 is 0 Å². The summed E-state index contributed by atoms with van der Waals surface area (Å²) < 4.78 is 4.61. The number of Topliss-reactive ketones (excluding diaryl/α,β-unsaturated/α-hetero) is 1. The number of hydrogen-bond acceptors (Lipinski definition) is 3. The molecule has 0 aliphatic rings. The second-order valence-electron chi connectivity index (χ2n) is 4.86. The molecule has 2 aromatic rings. The van der Waals surface area contributed by atoms with E-state index in [1.807, 2.05) is 54.6 Å². The predicted octanol–water partition coefficient (Wildman–Crippen LogP) is 3.22. The van der Waals surface area contributed by atoms with Crippen LogP contribution in [0.2, 0.25) is 0 Å². The van der Waals surface area contributed by atoms with Crippen LogP contribution in [0.25, 0.3) is 0 Å². The number of benzene rings is 2. The molecule has 0 fully saturated rings. The lowest BCUT2D eigenvalue weighted by atomic mass is 10.0. The van der Waals surface area contributed by atoms with E-state index >= 15 is 0 Å². The highest BCUT2D eigenvalue weighted by Crippen LogP contribution is 2.11. The number of ketones is 1. The van der Waals surface area contributed by atoms with Crippen molar-refractivity contribution >= 4 is 11.8 Å². The van der Waals surface area contributed by atoms with E-state index in [0.717, 1.165) is 11.1 Å². The van der Waals surface area contributed by atoms with E-state index in [9.17, 15) is 9.59 Å². The lowest BCUT2D eigenvalue weighted by Gasteiger charge is -2.04. The Bertz CT molecular complexity index is 600. The van der Waals surface area contributed by atoms with Gasteiger partial charge in [0.15, 0.2) is 5.78 Å². The number of esters is 1. The lowest BCUT2D eigenvalue weighted by molar-refractivity contribution is -0.140. The summed E-state index contributed by atoms with van der Waals surface area (Å²) in [7, 11) is 1.38. The summed E-state index contributed by atoms with van der Waals surface area (Å²) in [6, 6.07) is 17.1. The average molecular weight is 282 g/mol. The molecule has 21 heavy (non-hydrogen) atoms. The lowest BCUT2D eigenvalue weighted by Crippen LogP contribution is -2.04. The molecule has 0 atom stereocenters. The van der Waals surface area contributed by atoms with Gasteiger partial charge in [-0.3, -0.25) is 9.59 Å². The fraction of sp³-hybridized carbons (Fsp3) is 0.222. The van der Waals surface area contributed by atoms with E-state index in [4.69, 9.17) is 0 Å². The first kappa shape index (κ1) is 15.0. The number of carbonyl (C=O) groups is 2. The maximum atomic E-state index is 12.2. The SMILES string of the molecule is COC(=O)CCc1ccc(C(=O)Cc2ccccc2)cc1. The molecule has 0 bridgehead atoms. The van der Waals surface area contributed by atoms with E-state index in [1.54, 1.807) is 0 Å². The maximum absolute atomic E-state index is 12.2. The van der Waals surface area contributed by atoms with Crippen molar-refractivity contribution in [1.29, 1.82) is 0 Å². The molecule has 3 heteroatoms. The van der Waals surface area contributed by atoms with Gasteiger partial charge in [0, 0.05) is 18.4 Å². The minimum Gasteiger partial charge on any atom is -0.469 e. The Labute approximate surface area is 124 Å². The van der Waals surface area contributed by atoms with E-state index in [0.29, 0.717) is 24.8 Å². The molecule has 2 aromatic carbocycles. The zero-order valence-corrected chi connectivity index (χ0v) is 12.0. The molecule has 0 saturated carbocycles.